The van der Waals surface area contributed by atoms with E-state index in [4.69, 9.17) is 21.5 Å². The number of anilines is 1. The second kappa shape index (κ2) is 8.25. The van der Waals surface area contributed by atoms with Crippen LogP contribution in [0.4, 0.5) is 10.5 Å². The number of halogens is 1. The van der Waals surface area contributed by atoms with E-state index in [2.05, 4.69) is 5.32 Å². The number of hydrogen-bond acceptors (Lipinski definition) is 4. The summed E-state index contributed by atoms with van der Waals surface area (Å²) in [5, 5.41) is 8.34. The summed E-state index contributed by atoms with van der Waals surface area (Å²) in [5.41, 5.74) is 0.486. The molecule has 0 saturated carbocycles. The number of carbonyl (C=O) groups excluding carboxylic acids is 1. The highest BCUT2D eigenvalue weighted by molar-refractivity contribution is 7.89. The van der Waals surface area contributed by atoms with Gasteiger partial charge in [-0.2, -0.15) is 0 Å². The molecule has 1 heterocycles. The Bertz CT molecular complexity index is 724. The highest BCUT2D eigenvalue weighted by Gasteiger charge is 2.27. The number of benzene rings is 1. The molecule has 1 fully saturated rings. The maximum absolute atomic E-state index is 12.6. The zero-order valence-electron chi connectivity index (χ0n) is 14.4. The third-order valence-corrected chi connectivity index (χ3v) is 5.07. The van der Waals surface area contributed by atoms with Crippen molar-refractivity contribution in [2.45, 2.75) is 32.8 Å². The molecule has 140 valence electrons. The molecule has 2 amide bonds. The van der Waals surface area contributed by atoms with Gasteiger partial charge in [-0.25, -0.2) is 18.4 Å². The molecule has 1 saturated heterocycles. The number of para-hydroxylation sites is 1. The number of sulfonamides is 1. The first-order valence-corrected chi connectivity index (χ1v) is 10.3. The predicted molar refractivity (Wildman–Crippen MR) is 98.5 cm³/mol. The van der Waals surface area contributed by atoms with Crippen LogP contribution >= 0.6 is 11.6 Å². The minimum absolute atomic E-state index is 0.0929. The molecule has 2 rings (SSSR count). The number of likely N-dealkylation sites (tertiary alicyclic amines) is 1. The molecule has 0 aromatic heterocycles. The van der Waals surface area contributed by atoms with Crippen molar-refractivity contribution in [3.63, 3.8) is 0 Å². The first-order valence-electron chi connectivity index (χ1n) is 8.17. The molecular weight excluding hydrogens is 366 g/mol. The first-order chi connectivity index (χ1) is 11.7. The van der Waals surface area contributed by atoms with Crippen LogP contribution in [0.15, 0.2) is 18.2 Å². The number of rotatable bonds is 5. The number of primary sulfonamides is 1. The fourth-order valence-electron chi connectivity index (χ4n) is 2.87. The van der Waals surface area contributed by atoms with Crippen molar-refractivity contribution in [3.8, 4) is 5.75 Å². The minimum atomic E-state index is -3.55. The van der Waals surface area contributed by atoms with Gasteiger partial charge in [0.2, 0.25) is 10.0 Å². The van der Waals surface area contributed by atoms with Gasteiger partial charge in [0.15, 0.2) is 5.75 Å². The molecular formula is C16H24ClN3O4S. The van der Waals surface area contributed by atoms with Crippen LogP contribution in [0.2, 0.25) is 5.02 Å². The lowest BCUT2D eigenvalue weighted by molar-refractivity contribution is 0.182. The van der Waals surface area contributed by atoms with E-state index >= 15 is 0 Å². The van der Waals surface area contributed by atoms with Crippen LogP contribution in [-0.4, -0.2) is 44.3 Å². The van der Waals surface area contributed by atoms with Crippen molar-refractivity contribution in [2.75, 3.05) is 24.2 Å². The smallest absolute Gasteiger partial charge is 0.321 e. The molecule has 3 N–H and O–H groups in total. The average Bonchev–Trinajstić information content (AvgIpc) is 2.49. The van der Waals surface area contributed by atoms with E-state index in [-0.39, 0.29) is 23.8 Å². The van der Waals surface area contributed by atoms with Crippen molar-refractivity contribution >= 4 is 33.3 Å². The van der Waals surface area contributed by atoms with Crippen molar-refractivity contribution in [3.05, 3.63) is 23.2 Å². The minimum Gasteiger partial charge on any atom is -0.487 e. The maximum Gasteiger partial charge on any atom is 0.321 e. The van der Waals surface area contributed by atoms with Gasteiger partial charge in [-0.15, -0.1) is 0 Å². The molecule has 1 aliphatic rings. The lowest BCUT2D eigenvalue weighted by atomic mass is 10.0. The average molecular weight is 390 g/mol. The summed E-state index contributed by atoms with van der Waals surface area (Å²) in [4.78, 5) is 14.2. The highest BCUT2D eigenvalue weighted by atomic mass is 35.5. The Morgan fingerprint density at radius 2 is 2.20 bits per heavy atom. The van der Waals surface area contributed by atoms with Gasteiger partial charge < -0.3 is 15.0 Å². The van der Waals surface area contributed by atoms with Crippen LogP contribution in [0.1, 0.15) is 26.7 Å². The summed E-state index contributed by atoms with van der Waals surface area (Å²) in [7, 11) is -3.55. The highest BCUT2D eigenvalue weighted by Crippen LogP contribution is 2.34. The van der Waals surface area contributed by atoms with Gasteiger partial charge in [-0.05, 0) is 44.7 Å². The molecule has 0 bridgehead atoms. The Morgan fingerprint density at radius 1 is 1.48 bits per heavy atom. The van der Waals surface area contributed by atoms with Crippen LogP contribution in [0, 0.1) is 5.92 Å². The van der Waals surface area contributed by atoms with Crippen molar-refractivity contribution in [1.82, 2.24) is 4.90 Å². The number of nitrogens with one attached hydrogen (secondary N) is 1. The van der Waals surface area contributed by atoms with Gasteiger partial charge in [0.25, 0.3) is 0 Å². The molecule has 1 atom stereocenters. The molecule has 1 aromatic rings. The quantitative estimate of drug-likeness (QED) is 0.808. The van der Waals surface area contributed by atoms with E-state index in [1.165, 1.54) is 0 Å². The van der Waals surface area contributed by atoms with Gasteiger partial charge in [-0.3, -0.25) is 0 Å². The van der Waals surface area contributed by atoms with Crippen molar-refractivity contribution in [2.24, 2.45) is 11.1 Å². The molecule has 9 heteroatoms. The van der Waals surface area contributed by atoms with Gasteiger partial charge in [0.1, 0.15) is 0 Å². The monoisotopic (exact) mass is 389 g/mol. The zero-order valence-corrected chi connectivity index (χ0v) is 15.9. The molecule has 7 nitrogen and oxygen atoms in total. The molecule has 1 aromatic carbocycles. The SMILES string of the molecule is CC(C)Oc1c(Cl)cccc1NC(=O)N1CCC[C@H](CS(N)(=O)=O)C1. The fourth-order valence-corrected chi connectivity index (χ4v) is 4.02. The summed E-state index contributed by atoms with van der Waals surface area (Å²) in [6.07, 6.45) is 1.38. The third-order valence-electron chi connectivity index (χ3n) is 3.84. The number of ether oxygens (including phenoxy) is 1. The van der Waals surface area contributed by atoms with Gasteiger partial charge in [0, 0.05) is 13.1 Å². The fraction of sp³-hybridized carbons (Fsp3) is 0.562. The lowest BCUT2D eigenvalue weighted by Crippen LogP contribution is -2.44. The van der Waals surface area contributed by atoms with Crippen LogP contribution < -0.4 is 15.2 Å². The Hall–Kier alpha value is -1.51. The van der Waals surface area contributed by atoms with Gasteiger partial charge in [0.05, 0.1) is 22.6 Å². The van der Waals surface area contributed by atoms with Crippen LogP contribution in [0.25, 0.3) is 0 Å². The summed E-state index contributed by atoms with van der Waals surface area (Å²) >= 11 is 6.17. The molecule has 0 aliphatic carbocycles. The van der Waals surface area contributed by atoms with Crippen molar-refractivity contribution < 1.29 is 17.9 Å². The summed E-state index contributed by atoms with van der Waals surface area (Å²) in [6, 6.07) is 4.83. The van der Waals surface area contributed by atoms with Crippen LogP contribution in [-0.2, 0) is 10.0 Å². The number of nitrogens with two attached hydrogens (primary N) is 1. The molecule has 1 aliphatic heterocycles. The van der Waals surface area contributed by atoms with E-state index in [9.17, 15) is 13.2 Å². The molecule has 25 heavy (non-hydrogen) atoms. The van der Waals surface area contributed by atoms with Crippen LogP contribution in [0.5, 0.6) is 5.75 Å². The Labute approximate surface area is 153 Å². The summed E-state index contributed by atoms with van der Waals surface area (Å²) in [5.74, 6) is 0.154. The standard InChI is InChI=1S/C16H24ClN3O4S/c1-11(2)24-15-13(17)6-3-7-14(15)19-16(21)20-8-4-5-12(9-20)10-25(18,22)23/h3,6-7,11-12H,4-5,8-10H2,1-2H3,(H,19,21)(H2,18,22,23)/t12-/m0/s1. The Morgan fingerprint density at radius 3 is 2.84 bits per heavy atom. The molecule has 0 unspecified atom stereocenters. The Balaban J connectivity index is 2.08. The van der Waals surface area contributed by atoms with Crippen LogP contribution in [0.3, 0.4) is 0 Å². The first kappa shape index (κ1) is 19.8. The van der Waals surface area contributed by atoms with Gasteiger partial charge >= 0.3 is 6.03 Å². The number of nitrogens with zero attached hydrogens (tertiary/aromatic N) is 1. The Kier molecular flexibility index (Phi) is 6.53. The number of hydrogen-bond donors (Lipinski definition) is 2. The second-order valence-corrected chi connectivity index (χ2v) is 8.56. The normalized spacial score (nSPS) is 18.3. The molecule has 0 spiro atoms. The van der Waals surface area contributed by atoms with E-state index in [0.29, 0.717) is 29.5 Å². The summed E-state index contributed by atoms with van der Waals surface area (Å²) in [6.45, 7) is 4.66. The van der Waals surface area contributed by atoms with Gasteiger partial charge in [-0.1, -0.05) is 17.7 Å². The van der Waals surface area contributed by atoms with E-state index in [1.807, 2.05) is 13.8 Å². The second-order valence-electron chi connectivity index (χ2n) is 6.50. The zero-order chi connectivity index (χ0) is 18.6. The van der Waals surface area contributed by atoms with Crippen molar-refractivity contribution in [1.29, 1.82) is 0 Å². The topological polar surface area (TPSA) is 102 Å². The number of urea groups is 1. The summed E-state index contributed by atoms with van der Waals surface area (Å²) < 4.78 is 28.2. The maximum atomic E-state index is 12.6. The number of piperidine rings is 1. The third kappa shape index (κ3) is 6.05. The number of carbonyl (C=O) groups is 1. The largest absolute Gasteiger partial charge is 0.487 e. The van der Waals surface area contributed by atoms with E-state index in [0.717, 1.165) is 12.8 Å². The molecule has 0 radical (unpaired) electrons. The predicted octanol–water partition coefficient (Wildman–Crippen LogP) is 2.66. The number of amides is 2. The van der Waals surface area contributed by atoms with E-state index in [1.54, 1.807) is 23.1 Å². The van der Waals surface area contributed by atoms with E-state index < -0.39 is 10.0 Å². The lowest BCUT2D eigenvalue weighted by Gasteiger charge is -2.32.